The van der Waals surface area contributed by atoms with Gasteiger partial charge in [0.05, 0.1) is 18.2 Å². The van der Waals surface area contributed by atoms with E-state index in [0.717, 1.165) is 60.9 Å². The Morgan fingerprint density at radius 1 is 1.17 bits per heavy atom. The second-order valence-corrected chi connectivity index (χ2v) is 10.4. The number of nitrogens with zero attached hydrogens (tertiary/aromatic N) is 2. The Balaban J connectivity index is 1.38. The van der Waals surface area contributed by atoms with E-state index in [-0.39, 0.29) is 5.97 Å². The molecule has 1 atom stereocenters. The van der Waals surface area contributed by atoms with Crippen molar-refractivity contribution in [3.8, 4) is 17.0 Å². The summed E-state index contributed by atoms with van der Waals surface area (Å²) in [7, 11) is 1.46. The molecule has 6 nitrogen and oxygen atoms in total. The number of nitrogens with one attached hydrogen (secondary N) is 1. The molecule has 0 bridgehead atoms. The maximum atomic E-state index is 12.3. The lowest BCUT2D eigenvalue weighted by Gasteiger charge is -2.23. The van der Waals surface area contributed by atoms with Crippen LogP contribution in [0.15, 0.2) is 48.5 Å². The number of methoxy groups -OCH3 is 1. The van der Waals surface area contributed by atoms with Crippen molar-refractivity contribution in [1.29, 1.82) is 0 Å². The molecule has 1 fully saturated rings. The van der Waals surface area contributed by atoms with Crippen LogP contribution in [0, 0.1) is 19.3 Å². The molecule has 0 unspecified atom stereocenters. The van der Waals surface area contributed by atoms with E-state index in [9.17, 15) is 4.79 Å². The van der Waals surface area contributed by atoms with Crippen molar-refractivity contribution in [3.63, 3.8) is 0 Å². The highest BCUT2D eigenvalue weighted by molar-refractivity contribution is 5.78. The number of pyridine rings is 1. The first-order chi connectivity index (χ1) is 17.4. The first kappa shape index (κ1) is 24.3. The fraction of sp³-hybridized carbons (Fsp3) is 0.400. The Hall–Kier alpha value is -3.38. The third-order valence-corrected chi connectivity index (χ3v) is 7.51. The van der Waals surface area contributed by atoms with Gasteiger partial charge in [-0.3, -0.25) is 4.79 Å². The number of carbonyl (C=O) groups is 1. The summed E-state index contributed by atoms with van der Waals surface area (Å²) in [4.78, 5) is 19.4. The topological polar surface area (TPSA) is 63.7 Å². The number of rotatable bonds is 6. The summed E-state index contributed by atoms with van der Waals surface area (Å²) in [6, 6.07) is 16.8. The van der Waals surface area contributed by atoms with Crippen LogP contribution in [0.25, 0.3) is 11.3 Å². The maximum Gasteiger partial charge on any atom is 0.313 e. The van der Waals surface area contributed by atoms with Gasteiger partial charge in [-0.05, 0) is 86.7 Å². The van der Waals surface area contributed by atoms with Crippen LogP contribution in [0.1, 0.15) is 41.2 Å². The molecule has 0 amide bonds. The smallest absolute Gasteiger partial charge is 0.313 e. The van der Waals surface area contributed by atoms with Crippen molar-refractivity contribution >= 4 is 11.8 Å². The monoisotopic (exact) mass is 485 g/mol. The van der Waals surface area contributed by atoms with Crippen LogP contribution in [0.4, 0.5) is 5.82 Å². The van der Waals surface area contributed by atoms with Crippen molar-refractivity contribution in [1.82, 2.24) is 10.3 Å². The van der Waals surface area contributed by atoms with Crippen molar-refractivity contribution in [2.45, 2.75) is 46.8 Å². The molecule has 188 valence electrons. The predicted molar refractivity (Wildman–Crippen MR) is 142 cm³/mol. The Labute approximate surface area is 213 Å². The molecule has 3 aromatic rings. The standard InChI is InChI=1S/C30H35N3O3/c1-20-8-9-27(36-18-22-15-21(2)25-17-31-12-10-23(25)16-22)24(14-20)26-6-5-7-28(32-26)33-13-11-30(3,19-33)29(34)35-4/h5-9,14-16,31H,10-13,17-19H2,1-4H3/t30-/m1/s1. The van der Waals surface area contributed by atoms with Gasteiger partial charge in [0.2, 0.25) is 0 Å². The minimum Gasteiger partial charge on any atom is -0.488 e. The molecule has 2 aromatic carbocycles. The van der Waals surface area contributed by atoms with Gasteiger partial charge in [0.25, 0.3) is 0 Å². The lowest BCUT2D eigenvalue weighted by molar-refractivity contribution is -0.150. The molecule has 0 aliphatic carbocycles. The largest absolute Gasteiger partial charge is 0.488 e. The third kappa shape index (κ3) is 4.82. The Bertz CT molecular complexity index is 1290. The molecular weight excluding hydrogens is 450 g/mol. The molecule has 1 aromatic heterocycles. The molecule has 1 N–H and O–H groups in total. The quantitative estimate of drug-likeness (QED) is 0.497. The number of benzene rings is 2. The average molecular weight is 486 g/mol. The molecule has 6 heteroatoms. The maximum absolute atomic E-state index is 12.3. The predicted octanol–water partition coefficient (Wildman–Crippen LogP) is 4.98. The van der Waals surface area contributed by atoms with Crippen LogP contribution >= 0.6 is 0 Å². The van der Waals surface area contributed by atoms with Gasteiger partial charge in [-0.15, -0.1) is 0 Å². The highest BCUT2D eigenvalue weighted by Gasteiger charge is 2.41. The fourth-order valence-corrected chi connectivity index (χ4v) is 5.42. The first-order valence-electron chi connectivity index (χ1n) is 12.7. The minimum atomic E-state index is -0.507. The van der Waals surface area contributed by atoms with Gasteiger partial charge in [0, 0.05) is 25.2 Å². The summed E-state index contributed by atoms with van der Waals surface area (Å²) < 4.78 is 11.4. The van der Waals surface area contributed by atoms with E-state index in [1.165, 1.54) is 29.4 Å². The van der Waals surface area contributed by atoms with Crippen molar-refractivity contribution in [2.24, 2.45) is 5.41 Å². The van der Waals surface area contributed by atoms with Crippen molar-refractivity contribution < 1.29 is 14.3 Å². The van der Waals surface area contributed by atoms with Crippen molar-refractivity contribution in [2.75, 3.05) is 31.6 Å². The van der Waals surface area contributed by atoms with Gasteiger partial charge in [-0.25, -0.2) is 4.98 Å². The van der Waals surface area contributed by atoms with Crippen LogP contribution in [0.5, 0.6) is 5.75 Å². The number of fused-ring (bicyclic) bond motifs is 1. The number of hydrogen-bond acceptors (Lipinski definition) is 6. The molecule has 2 aliphatic heterocycles. The van der Waals surface area contributed by atoms with E-state index >= 15 is 0 Å². The number of anilines is 1. The molecule has 2 aliphatic rings. The second kappa shape index (κ2) is 9.94. The van der Waals surface area contributed by atoms with Crippen LogP contribution in [-0.2, 0) is 29.1 Å². The zero-order valence-corrected chi connectivity index (χ0v) is 21.7. The number of hydrogen-bond donors (Lipinski definition) is 1. The van der Waals surface area contributed by atoms with Gasteiger partial charge >= 0.3 is 5.97 Å². The lowest BCUT2D eigenvalue weighted by Crippen LogP contribution is -2.33. The zero-order valence-electron chi connectivity index (χ0n) is 21.7. The van der Waals surface area contributed by atoms with Crippen LogP contribution in [0.3, 0.4) is 0 Å². The molecule has 0 saturated carbocycles. The highest BCUT2D eigenvalue weighted by Crippen LogP contribution is 2.36. The summed E-state index contributed by atoms with van der Waals surface area (Å²) in [5.41, 5.74) is 7.86. The summed E-state index contributed by atoms with van der Waals surface area (Å²) in [5, 5.41) is 3.46. The SMILES string of the molecule is COC(=O)[C@]1(C)CCN(c2cccc(-c3cc(C)ccc3OCc3cc(C)c4c(c3)CCNC4)n2)C1. The van der Waals surface area contributed by atoms with E-state index in [0.29, 0.717) is 13.2 Å². The number of aryl methyl sites for hydroxylation is 2. The average Bonchev–Trinajstić information content (AvgIpc) is 3.31. The zero-order chi connectivity index (χ0) is 25.3. The van der Waals surface area contributed by atoms with E-state index < -0.39 is 5.41 Å². The van der Waals surface area contributed by atoms with E-state index in [1.54, 1.807) is 0 Å². The summed E-state index contributed by atoms with van der Waals surface area (Å²) in [5.74, 6) is 1.53. The molecule has 36 heavy (non-hydrogen) atoms. The van der Waals surface area contributed by atoms with E-state index in [4.69, 9.17) is 14.5 Å². The Morgan fingerprint density at radius 3 is 2.86 bits per heavy atom. The molecular formula is C30H35N3O3. The molecule has 0 spiro atoms. The highest BCUT2D eigenvalue weighted by atomic mass is 16.5. The number of carbonyl (C=O) groups excluding carboxylic acids is 1. The normalized spacial score (nSPS) is 19.2. The fourth-order valence-electron chi connectivity index (χ4n) is 5.42. The Kier molecular flexibility index (Phi) is 6.71. The molecule has 0 radical (unpaired) electrons. The minimum absolute atomic E-state index is 0.163. The molecule has 1 saturated heterocycles. The summed E-state index contributed by atoms with van der Waals surface area (Å²) in [6.07, 6.45) is 1.81. The van der Waals surface area contributed by atoms with Gasteiger partial charge in [0.1, 0.15) is 18.2 Å². The van der Waals surface area contributed by atoms with Gasteiger partial charge in [-0.1, -0.05) is 29.8 Å². The first-order valence-corrected chi connectivity index (χ1v) is 12.7. The van der Waals surface area contributed by atoms with E-state index in [1.807, 2.05) is 31.2 Å². The number of ether oxygens (including phenoxy) is 2. The molecule has 5 rings (SSSR count). The summed E-state index contributed by atoms with van der Waals surface area (Å²) in [6.45, 7) is 10.1. The van der Waals surface area contributed by atoms with Gasteiger partial charge < -0.3 is 19.7 Å². The Morgan fingerprint density at radius 2 is 2.03 bits per heavy atom. The number of aromatic nitrogens is 1. The van der Waals surface area contributed by atoms with Gasteiger partial charge in [0.15, 0.2) is 0 Å². The van der Waals surface area contributed by atoms with Crippen LogP contribution in [0.2, 0.25) is 0 Å². The van der Waals surface area contributed by atoms with E-state index in [2.05, 4.69) is 48.3 Å². The number of esters is 1. The third-order valence-electron chi connectivity index (χ3n) is 7.51. The lowest BCUT2D eigenvalue weighted by atomic mass is 9.90. The molecule has 3 heterocycles. The van der Waals surface area contributed by atoms with Crippen LogP contribution in [-0.4, -0.2) is 37.7 Å². The van der Waals surface area contributed by atoms with Gasteiger partial charge in [-0.2, -0.15) is 0 Å². The second-order valence-electron chi connectivity index (χ2n) is 10.4. The summed E-state index contributed by atoms with van der Waals surface area (Å²) >= 11 is 0. The van der Waals surface area contributed by atoms with Crippen LogP contribution < -0.4 is 15.0 Å². The van der Waals surface area contributed by atoms with Crippen molar-refractivity contribution in [3.05, 3.63) is 76.3 Å².